The summed E-state index contributed by atoms with van der Waals surface area (Å²) in [5, 5.41) is 3.01. The van der Waals surface area contributed by atoms with Crippen LogP contribution in [0.4, 0.5) is 5.69 Å². The number of rotatable bonds is 0. The fourth-order valence-electron chi connectivity index (χ4n) is 2.53. The number of nitrogens with one attached hydrogen (secondary N) is 1. The van der Waals surface area contributed by atoms with Gasteiger partial charge < -0.3 is 5.32 Å². The molecule has 78 valence electrons. The number of para-hydroxylation sites is 1. The summed E-state index contributed by atoms with van der Waals surface area (Å²) in [7, 11) is 0. The number of benzene rings is 1. The minimum absolute atomic E-state index is 0.0948. The molecule has 1 aromatic carbocycles. The first-order valence-electron chi connectivity index (χ1n) is 5.47. The highest BCUT2D eigenvalue weighted by Gasteiger charge is 2.33. The van der Waals surface area contributed by atoms with Gasteiger partial charge >= 0.3 is 0 Å². The maximum atomic E-state index is 11.9. The monoisotopic (exact) mass is 202 g/mol. The van der Waals surface area contributed by atoms with Crippen molar-refractivity contribution in [2.24, 2.45) is 0 Å². The van der Waals surface area contributed by atoms with Gasteiger partial charge in [-0.05, 0) is 31.0 Å². The quantitative estimate of drug-likeness (QED) is 0.693. The highest BCUT2D eigenvalue weighted by molar-refractivity contribution is 5.96. The van der Waals surface area contributed by atoms with E-state index in [0.29, 0.717) is 0 Å². The molecule has 2 heterocycles. The number of amides is 1. The smallest absolute Gasteiger partial charge is 0.241 e. The normalized spacial score (nSPS) is 25.3. The Labute approximate surface area is 89.1 Å². The maximum Gasteiger partial charge on any atom is 0.241 e. The Morgan fingerprint density at radius 1 is 1.33 bits per heavy atom. The Balaban J connectivity index is 2.00. The average molecular weight is 202 g/mol. The van der Waals surface area contributed by atoms with Gasteiger partial charge in [-0.2, -0.15) is 0 Å². The summed E-state index contributed by atoms with van der Waals surface area (Å²) in [5.74, 6) is 0.164. The molecule has 3 heteroatoms. The van der Waals surface area contributed by atoms with Gasteiger partial charge in [0.05, 0.1) is 6.04 Å². The van der Waals surface area contributed by atoms with Crippen molar-refractivity contribution >= 4 is 11.6 Å². The predicted octanol–water partition coefficient (Wildman–Crippen LogP) is 1.60. The fourth-order valence-corrected chi connectivity index (χ4v) is 2.53. The van der Waals surface area contributed by atoms with Gasteiger partial charge in [0.1, 0.15) is 0 Å². The van der Waals surface area contributed by atoms with E-state index in [9.17, 15) is 4.79 Å². The summed E-state index contributed by atoms with van der Waals surface area (Å²) in [5.41, 5.74) is 2.21. The van der Waals surface area contributed by atoms with Crippen molar-refractivity contribution in [2.45, 2.75) is 25.4 Å². The molecule has 1 fully saturated rings. The lowest BCUT2D eigenvalue weighted by Gasteiger charge is -2.19. The van der Waals surface area contributed by atoms with Crippen molar-refractivity contribution in [3.05, 3.63) is 29.8 Å². The van der Waals surface area contributed by atoms with Crippen LogP contribution >= 0.6 is 0 Å². The second-order valence-corrected chi connectivity index (χ2v) is 4.27. The lowest BCUT2D eigenvalue weighted by atomic mass is 10.2. The minimum atomic E-state index is 0.0948. The molecule has 1 atom stereocenters. The van der Waals surface area contributed by atoms with Crippen LogP contribution in [0.1, 0.15) is 18.4 Å². The summed E-state index contributed by atoms with van der Waals surface area (Å²) in [4.78, 5) is 14.2. The summed E-state index contributed by atoms with van der Waals surface area (Å²) < 4.78 is 0. The Kier molecular flexibility index (Phi) is 1.99. The first kappa shape index (κ1) is 8.92. The summed E-state index contributed by atoms with van der Waals surface area (Å²) in [6.45, 7) is 1.95. The second kappa shape index (κ2) is 3.35. The molecule has 15 heavy (non-hydrogen) atoms. The van der Waals surface area contributed by atoms with Gasteiger partial charge in [0.2, 0.25) is 5.91 Å². The lowest BCUT2D eigenvalue weighted by Crippen LogP contribution is -2.36. The highest BCUT2D eigenvalue weighted by atomic mass is 16.2. The standard InChI is InChI=1S/C12H14N2O/c15-12-11-6-3-7-14(11)8-9-4-1-2-5-10(9)13-12/h1-2,4-5,11H,3,6-8H2,(H,13,15)/t11-/m1/s1. The van der Waals surface area contributed by atoms with E-state index in [2.05, 4.69) is 16.3 Å². The predicted molar refractivity (Wildman–Crippen MR) is 58.5 cm³/mol. The zero-order valence-electron chi connectivity index (χ0n) is 8.57. The van der Waals surface area contributed by atoms with Gasteiger partial charge in [-0.25, -0.2) is 0 Å². The SMILES string of the molecule is O=C1Nc2ccccc2CN2CCC[C@H]12. The number of hydrogen-bond acceptors (Lipinski definition) is 2. The molecule has 0 unspecified atom stereocenters. The number of fused-ring (bicyclic) bond motifs is 2. The van der Waals surface area contributed by atoms with Crippen LogP contribution in [0.15, 0.2) is 24.3 Å². The summed E-state index contributed by atoms with van der Waals surface area (Å²) >= 11 is 0. The van der Waals surface area contributed by atoms with E-state index in [0.717, 1.165) is 31.6 Å². The molecule has 1 aromatic rings. The molecule has 1 N–H and O–H groups in total. The van der Waals surface area contributed by atoms with Crippen LogP contribution in [0.3, 0.4) is 0 Å². The van der Waals surface area contributed by atoms with Gasteiger partial charge in [0, 0.05) is 12.2 Å². The second-order valence-electron chi connectivity index (χ2n) is 4.27. The molecule has 0 spiro atoms. The molecule has 1 amide bonds. The fraction of sp³-hybridized carbons (Fsp3) is 0.417. The third kappa shape index (κ3) is 1.43. The van der Waals surface area contributed by atoms with E-state index in [1.807, 2.05) is 18.2 Å². The summed E-state index contributed by atoms with van der Waals surface area (Å²) in [6, 6.07) is 8.17. The Morgan fingerprint density at radius 2 is 2.20 bits per heavy atom. The minimum Gasteiger partial charge on any atom is -0.324 e. The van der Waals surface area contributed by atoms with Crippen molar-refractivity contribution in [1.82, 2.24) is 4.90 Å². The average Bonchev–Trinajstić information content (AvgIpc) is 2.64. The van der Waals surface area contributed by atoms with Gasteiger partial charge in [0.25, 0.3) is 0 Å². The van der Waals surface area contributed by atoms with Crippen LogP contribution in [0.2, 0.25) is 0 Å². The van der Waals surface area contributed by atoms with Crippen LogP contribution in [0, 0.1) is 0 Å². The first-order valence-corrected chi connectivity index (χ1v) is 5.47. The van der Waals surface area contributed by atoms with Crippen LogP contribution in [-0.4, -0.2) is 23.4 Å². The van der Waals surface area contributed by atoms with Crippen molar-refractivity contribution in [2.75, 3.05) is 11.9 Å². The van der Waals surface area contributed by atoms with E-state index in [-0.39, 0.29) is 11.9 Å². The van der Waals surface area contributed by atoms with E-state index < -0.39 is 0 Å². The molecule has 0 saturated carbocycles. The third-order valence-electron chi connectivity index (χ3n) is 3.31. The highest BCUT2D eigenvalue weighted by Crippen LogP contribution is 2.28. The topological polar surface area (TPSA) is 32.3 Å². The Hall–Kier alpha value is -1.35. The maximum absolute atomic E-state index is 11.9. The lowest BCUT2D eigenvalue weighted by molar-refractivity contribution is -0.120. The Morgan fingerprint density at radius 3 is 3.13 bits per heavy atom. The van der Waals surface area contributed by atoms with Crippen LogP contribution in [-0.2, 0) is 11.3 Å². The van der Waals surface area contributed by atoms with E-state index in [1.54, 1.807) is 0 Å². The molecule has 3 rings (SSSR count). The molecule has 2 aliphatic heterocycles. The molecule has 0 aliphatic carbocycles. The van der Waals surface area contributed by atoms with Gasteiger partial charge in [-0.1, -0.05) is 18.2 Å². The number of nitrogens with zero attached hydrogens (tertiary/aromatic N) is 1. The number of carbonyl (C=O) groups excluding carboxylic acids is 1. The van der Waals surface area contributed by atoms with Crippen molar-refractivity contribution in [3.8, 4) is 0 Å². The molecule has 3 nitrogen and oxygen atoms in total. The first-order chi connectivity index (χ1) is 7.34. The van der Waals surface area contributed by atoms with Crippen molar-refractivity contribution < 1.29 is 4.79 Å². The zero-order valence-corrected chi connectivity index (χ0v) is 8.57. The van der Waals surface area contributed by atoms with Gasteiger partial charge in [-0.3, -0.25) is 9.69 Å². The molecular weight excluding hydrogens is 188 g/mol. The number of carbonyl (C=O) groups is 1. The van der Waals surface area contributed by atoms with Crippen LogP contribution in [0.5, 0.6) is 0 Å². The molecule has 1 saturated heterocycles. The molecule has 2 aliphatic rings. The van der Waals surface area contributed by atoms with Crippen molar-refractivity contribution in [1.29, 1.82) is 0 Å². The molecular formula is C12H14N2O. The molecule has 0 aromatic heterocycles. The van der Waals surface area contributed by atoms with Gasteiger partial charge in [0.15, 0.2) is 0 Å². The zero-order chi connectivity index (χ0) is 10.3. The molecule has 0 radical (unpaired) electrons. The van der Waals surface area contributed by atoms with E-state index >= 15 is 0 Å². The largest absolute Gasteiger partial charge is 0.324 e. The third-order valence-corrected chi connectivity index (χ3v) is 3.31. The number of hydrogen-bond donors (Lipinski definition) is 1. The number of anilines is 1. The Bertz CT molecular complexity index is 402. The van der Waals surface area contributed by atoms with Crippen LogP contribution < -0.4 is 5.32 Å². The van der Waals surface area contributed by atoms with E-state index in [1.165, 1.54) is 5.56 Å². The van der Waals surface area contributed by atoms with Gasteiger partial charge in [-0.15, -0.1) is 0 Å². The van der Waals surface area contributed by atoms with E-state index in [4.69, 9.17) is 0 Å². The van der Waals surface area contributed by atoms with Crippen molar-refractivity contribution in [3.63, 3.8) is 0 Å². The molecule has 0 bridgehead atoms. The van der Waals surface area contributed by atoms with Crippen LogP contribution in [0.25, 0.3) is 0 Å². The summed E-state index contributed by atoms with van der Waals surface area (Å²) in [6.07, 6.45) is 2.14.